The van der Waals surface area contributed by atoms with Gasteiger partial charge in [-0.05, 0) is 37.1 Å². The molecule has 8 heteroatoms. The van der Waals surface area contributed by atoms with Crippen molar-refractivity contribution in [3.63, 3.8) is 0 Å². The Balaban J connectivity index is 1.62. The Morgan fingerprint density at radius 2 is 1.85 bits per heavy atom. The lowest BCUT2D eigenvalue weighted by atomic mass is 10.2. The van der Waals surface area contributed by atoms with Gasteiger partial charge < -0.3 is 5.32 Å². The molecule has 27 heavy (non-hydrogen) atoms. The van der Waals surface area contributed by atoms with Crippen LogP contribution in [0.2, 0.25) is 0 Å². The maximum absolute atomic E-state index is 12.7. The standard InChI is InChI=1S/C19H25N3O3S2/c1-14(2)19-21-16(13-26-19)12-18(23)20-15-6-8-17(9-7-15)27(24,25)22-10-4-3-5-11-22/h6-9,13-14H,3-5,10-12H2,1-2H3,(H,20,23). The molecule has 1 amide bonds. The zero-order chi connectivity index (χ0) is 19.4. The number of anilines is 1. The molecule has 0 atom stereocenters. The van der Waals surface area contributed by atoms with Crippen molar-refractivity contribution in [1.82, 2.24) is 9.29 Å². The molecule has 1 fully saturated rings. The van der Waals surface area contributed by atoms with Gasteiger partial charge in [0.15, 0.2) is 0 Å². The van der Waals surface area contributed by atoms with Gasteiger partial charge in [0.2, 0.25) is 15.9 Å². The first-order valence-electron chi connectivity index (χ1n) is 9.20. The van der Waals surface area contributed by atoms with Crippen LogP contribution in [0.5, 0.6) is 0 Å². The van der Waals surface area contributed by atoms with Crippen LogP contribution in [0.4, 0.5) is 5.69 Å². The number of hydrogen-bond acceptors (Lipinski definition) is 5. The summed E-state index contributed by atoms with van der Waals surface area (Å²) in [5.74, 6) is 0.184. The second-order valence-electron chi connectivity index (χ2n) is 7.05. The minimum Gasteiger partial charge on any atom is -0.326 e. The normalized spacial score (nSPS) is 15.8. The molecule has 0 radical (unpaired) electrons. The zero-order valence-corrected chi connectivity index (χ0v) is 17.3. The smallest absolute Gasteiger partial charge is 0.243 e. The molecule has 2 heterocycles. The molecule has 0 spiro atoms. The van der Waals surface area contributed by atoms with Gasteiger partial charge in [0.05, 0.1) is 22.0 Å². The van der Waals surface area contributed by atoms with E-state index in [1.807, 2.05) is 5.38 Å². The van der Waals surface area contributed by atoms with Gasteiger partial charge in [-0.15, -0.1) is 11.3 Å². The first kappa shape index (κ1) is 20.0. The fourth-order valence-corrected chi connectivity index (χ4v) is 5.36. The fourth-order valence-electron chi connectivity index (χ4n) is 3.00. The van der Waals surface area contributed by atoms with Crippen LogP contribution in [0.15, 0.2) is 34.5 Å². The molecule has 3 rings (SSSR count). The molecule has 2 aromatic rings. The highest BCUT2D eigenvalue weighted by molar-refractivity contribution is 7.89. The highest BCUT2D eigenvalue weighted by Gasteiger charge is 2.25. The number of nitrogens with one attached hydrogen (secondary N) is 1. The molecule has 1 aromatic heterocycles. The molecule has 1 aliphatic heterocycles. The molecule has 0 unspecified atom stereocenters. The van der Waals surface area contributed by atoms with Crippen LogP contribution in [0.3, 0.4) is 0 Å². The lowest BCUT2D eigenvalue weighted by Gasteiger charge is -2.25. The summed E-state index contributed by atoms with van der Waals surface area (Å²) in [6.07, 6.45) is 3.09. The van der Waals surface area contributed by atoms with E-state index in [-0.39, 0.29) is 17.2 Å². The number of benzene rings is 1. The number of sulfonamides is 1. The van der Waals surface area contributed by atoms with E-state index in [0.717, 1.165) is 30.0 Å². The van der Waals surface area contributed by atoms with E-state index in [2.05, 4.69) is 24.1 Å². The van der Waals surface area contributed by atoms with Gasteiger partial charge in [-0.2, -0.15) is 4.31 Å². The Morgan fingerprint density at radius 1 is 1.19 bits per heavy atom. The molecule has 1 N–H and O–H groups in total. The number of carbonyl (C=O) groups is 1. The number of rotatable bonds is 6. The van der Waals surface area contributed by atoms with Gasteiger partial charge in [0.25, 0.3) is 0 Å². The molecule has 1 aromatic carbocycles. The lowest BCUT2D eigenvalue weighted by Crippen LogP contribution is -2.35. The molecule has 6 nitrogen and oxygen atoms in total. The van der Waals surface area contributed by atoms with Gasteiger partial charge in [0.1, 0.15) is 0 Å². The van der Waals surface area contributed by atoms with Crippen LogP contribution >= 0.6 is 11.3 Å². The monoisotopic (exact) mass is 407 g/mol. The van der Waals surface area contributed by atoms with Crippen LogP contribution in [0, 0.1) is 0 Å². The number of hydrogen-bond donors (Lipinski definition) is 1. The zero-order valence-electron chi connectivity index (χ0n) is 15.6. The van der Waals surface area contributed by atoms with Crippen LogP contribution in [0.1, 0.15) is 49.7 Å². The van der Waals surface area contributed by atoms with Crippen LogP contribution in [-0.2, 0) is 21.2 Å². The minimum atomic E-state index is -3.45. The summed E-state index contributed by atoms with van der Waals surface area (Å²) in [6, 6.07) is 6.38. The maximum atomic E-state index is 12.7. The minimum absolute atomic E-state index is 0.165. The number of carbonyl (C=O) groups excluding carboxylic acids is 1. The van der Waals surface area contributed by atoms with E-state index < -0.39 is 10.0 Å². The largest absolute Gasteiger partial charge is 0.326 e. The number of aromatic nitrogens is 1. The highest BCUT2D eigenvalue weighted by atomic mass is 32.2. The van der Waals surface area contributed by atoms with Crippen molar-refractivity contribution in [3.8, 4) is 0 Å². The molecule has 0 aliphatic carbocycles. The molecule has 0 bridgehead atoms. The van der Waals surface area contributed by atoms with Gasteiger partial charge in [-0.25, -0.2) is 13.4 Å². The topological polar surface area (TPSA) is 79.4 Å². The molecule has 1 aliphatic rings. The quantitative estimate of drug-likeness (QED) is 0.793. The third kappa shape index (κ3) is 4.94. The summed E-state index contributed by atoms with van der Waals surface area (Å²) < 4.78 is 26.8. The molecule has 1 saturated heterocycles. The maximum Gasteiger partial charge on any atom is 0.243 e. The van der Waals surface area contributed by atoms with Crippen molar-refractivity contribution in [2.45, 2.75) is 50.3 Å². The Labute approximate surface area is 164 Å². The number of piperidine rings is 1. The van der Waals surface area contributed by atoms with Crippen molar-refractivity contribution in [1.29, 1.82) is 0 Å². The van der Waals surface area contributed by atoms with E-state index in [9.17, 15) is 13.2 Å². The van der Waals surface area contributed by atoms with Crippen LogP contribution < -0.4 is 5.32 Å². The second kappa shape index (κ2) is 8.50. The summed E-state index contributed by atoms with van der Waals surface area (Å²) >= 11 is 1.56. The Kier molecular flexibility index (Phi) is 6.29. The first-order valence-corrected chi connectivity index (χ1v) is 11.5. The predicted octanol–water partition coefficient (Wildman–Crippen LogP) is 3.62. The van der Waals surface area contributed by atoms with Crippen LogP contribution in [-0.4, -0.2) is 36.7 Å². The second-order valence-corrected chi connectivity index (χ2v) is 9.87. The molecule has 0 saturated carbocycles. The summed E-state index contributed by atoms with van der Waals surface area (Å²) in [7, 11) is -3.45. The predicted molar refractivity (Wildman–Crippen MR) is 108 cm³/mol. The Morgan fingerprint density at radius 3 is 2.44 bits per heavy atom. The van der Waals surface area contributed by atoms with E-state index in [1.165, 1.54) is 0 Å². The molecular formula is C19H25N3O3S2. The van der Waals surface area contributed by atoms with E-state index in [0.29, 0.717) is 24.7 Å². The SMILES string of the molecule is CC(C)c1nc(CC(=O)Nc2ccc(S(=O)(=O)N3CCCCC3)cc2)cs1. The third-order valence-corrected chi connectivity index (χ3v) is 7.60. The van der Waals surface area contributed by atoms with Gasteiger partial charge in [-0.3, -0.25) is 4.79 Å². The Bertz CT molecular complexity index is 883. The summed E-state index contributed by atoms with van der Waals surface area (Å²) in [4.78, 5) is 16.9. The van der Waals surface area contributed by atoms with E-state index in [4.69, 9.17) is 0 Å². The number of thiazole rings is 1. The van der Waals surface area contributed by atoms with Gasteiger partial charge in [-0.1, -0.05) is 20.3 Å². The molecule has 146 valence electrons. The first-order chi connectivity index (χ1) is 12.9. The summed E-state index contributed by atoms with van der Waals surface area (Å²) in [5.41, 5.74) is 1.34. The Hall–Kier alpha value is -1.77. The average Bonchev–Trinajstić information content (AvgIpc) is 3.11. The van der Waals surface area contributed by atoms with Crippen molar-refractivity contribution in [2.75, 3.05) is 18.4 Å². The summed E-state index contributed by atoms with van der Waals surface area (Å²) in [5, 5.41) is 5.73. The van der Waals surface area contributed by atoms with Crippen molar-refractivity contribution in [2.24, 2.45) is 0 Å². The van der Waals surface area contributed by atoms with E-state index in [1.54, 1.807) is 39.9 Å². The summed E-state index contributed by atoms with van der Waals surface area (Å²) in [6.45, 7) is 5.30. The lowest BCUT2D eigenvalue weighted by molar-refractivity contribution is -0.115. The average molecular weight is 408 g/mol. The van der Waals surface area contributed by atoms with Crippen molar-refractivity contribution < 1.29 is 13.2 Å². The van der Waals surface area contributed by atoms with Crippen molar-refractivity contribution >= 4 is 33.0 Å². The fraction of sp³-hybridized carbons (Fsp3) is 0.474. The van der Waals surface area contributed by atoms with E-state index >= 15 is 0 Å². The van der Waals surface area contributed by atoms with Crippen LogP contribution in [0.25, 0.3) is 0 Å². The van der Waals surface area contributed by atoms with Crippen molar-refractivity contribution in [3.05, 3.63) is 40.3 Å². The number of nitrogens with zero attached hydrogens (tertiary/aromatic N) is 2. The van der Waals surface area contributed by atoms with Gasteiger partial charge >= 0.3 is 0 Å². The van der Waals surface area contributed by atoms with Gasteiger partial charge in [0, 0.05) is 30.1 Å². The highest BCUT2D eigenvalue weighted by Crippen LogP contribution is 2.22. The molecular weight excluding hydrogens is 382 g/mol. The third-order valence-electron chi connectivity index (χ3n) is 4.50. The number of amides is 1.